The molecule has 0 heterocycles. The lowest BCUT2D eigenvalue weighted by Crippen LogP contribution is -2.47. The molecule has 1 aromatic carbocycles. The number of benzene rings is 1. The Labute approximate surface area is 134 Å². The molecule has 0 aliphatic carbocycles. The topological polar surface area (TPSA) is 89.3 Å². The van der Waals surface area contributed by atoms with Crippen molar-refractivity contribution in [3.63, 3.8) is 0 Å². The third kappa shape index (κ3) is 5.26. The van der Waals surface area contributed by atoms with Crippen molar-refractivity contribution in [2.75, 3.05) is 0 Å². The number of nitrogens with one attached hydrogen (secondary N) is 1. The lowest BCUT2D eigenvalue weighted by Gasteiger charge is -2.26. The van der Waals surface area contributed by atoms with Crippen LogP contribution in [0.1, 0.15) is 50.0 Å². The van der Waals surface area contributed by atoms with Gasteiger partial charge in [-0.3, -0.25) is 13.8 Å². The van der Waals surface area contributed by atoms with Gasteiger partial charge in [0.15, 0.2) is 0 Å². The minimum atomic E-state index is -1.37. The van der Waals surface area contributed by atoms with Crippen molar-refractivity contribution in [2.45, 2.75) is 50.7 Å². The van der Waals surface area contributed by atoms with E-state index in [1.807, 2.05) is 20.8 Å². The zero-order chi connectivity index (χ0) is 16.9. The predicted octanol–water partition coefficient (Wildman–Crippen LogP) is 1.73. The molecular formula is C16H24N2O3S. The summed E-state index contributed by atoms with van der Waals surface area (Å²) in [6, 6.07) is 6.68. The highest BCUT2D eigenvalue weighted by atomic mass is 32.2. The summed E-state index contributed by atoms with van der Waals surface area (Å²) in [5, 5.41) is 2.27. The highest BCUT2D eigenvalue weighted by Gasteiger charge is 2.25. The maximum atomic E-state index is 12.3. The van der Waals surface area contributed by atoms with Gasteiger partial charge in [0.2, 0.25) is 11.8 Å². The van der Waals surface area contributed by atoms with E-state index in [1.54, 1.807) is 31.2 Å². The highest BCUT2D eigenvalue weighted by molar-refractivity contribution is 7.85. The highest BCUT2D eigenvalue weighted by Crippen LogP contribution is 2.12. The van der Waals surface area contributed by atoms with Crippen LogP contribution in [0.4, 0.5) is 0 Å². The zero-order valence-corrected chi connectivity index (χ0v) is 14.3. The average Bonchev–Trinajstić information content (AvgIpc) is 2.46. The summed E-state index contributed by atoms with van der Waals surface area (Å²) in [5.74, 6) is -0.540. The van der Waals surface area contributed by atoms with Crippen LogP contribution in [0.15, 0.2) is 24.3 Å². The maximum Gasteiger partial charge on any atom is 0.248 e. The van der Waals surface area contributed by atoms with Crippen molar-refractivity contribution in [2.24, 2.45) is 5.73 Å². The van der Waals surface area contributed by atoms with E-state index in [0.717, 1.165) is 12.0 Å². The van der Waals surface area contributed by atoms with Crippen LogP contribution >= 0.6 is 0 Å². The molecule has 0 radical (unpaired) electrons. The minimum Gasteiger partial charge on any atom is -0.366 e. The Hall–Kier alpha value is -1.69. The SMILES string of the molecule is CCC(C)(C)NC(=O)[C@@H](C)[S@@](=O)Cc1cccc(C(N)=O)c1. The standard InChI is InChI=1S/C16H24N2O3S/c1-5-16(3,4)18-15(20)11(2)22(21)10-12-7-6-8-13(9-12)14(17)19/h6-9,11H,5,10H2,1-4H3,(H2,17,19)(H,18,20)/t11-,22+/m1/s1. The number of hydrogen-bond acceptors (Lipinski definition) is 3. The molecule has 0 saturated heterocycles. The summed E-state index contributed by atoms with van der Waals surface area (Å²) in [4.78, 5) is 23.3. The molecule has 1 aromatic rings. The summed E-state index contributed by atoms with van der Waals surface area (Å²) in [5.41, 5.74) is 6.01. The van der Waals surface area contributed by atoms with Crippen molar-refractivity contribution >= 4 is 22.6 Å². The molecule has 1 rings (SSSR count). The Balaban J connectivity index is 2.74. The molecule has 22 heavy (non-hydrogen) atoms. The zero-order valence-electron chi connectivity index (χ0n) is 13.5. The fourth-order valence-corrected chi connectivity index (χ4v) is 2.80. The Morgan fingerprint density at radius 2 is 2.00 bits per heavy atom. The molecule has 0 aromatic heterocycles. The monoisotopic (exact) mass is 324 g/mol. The Morgan fingerprint density at radius 3 is 2.55 bits per heavy atom. The van der Waals surface area contributed by atoms with Crippen LogP contribution in [-0.2, 0) is 21.3 Å². The summed E-state index contributed by atoms with van der Waals surface area (Å²) in [7, 11) is -1.37. The molecule has 122 valence electrons. The normalized spacial score (nSPS) is 14.2. The summed E-state index contributed by atoms with van der Waals surface area (Å²) in [6.07, 6.45) is 0.790. The molecule has 6 heteroatoms. The van der Waals surface area contributed by atoms with E-state index in [9.17, 15) is 13.8 Å². The molecule has 5 nitrogen and oxygen atoms in total. The van der Waals surface area contributed by atoms with Crippen LogP contribution < -0.4 is 11.1 Å². The van der Waals surface area contributed by atoms with E-state index >= 15 is 0 Å². The first kappa shape index (κ1) is 18.4. The van der Waals surface area contributed by atoms with E-state index in [1.165, 1.54) is 0 Å². The number of nitrogens with two attached hydrogens (primary N) is 1. The van der Waals surface area contributed by atoms with Gasteiger partial charge in [-0.2, -0.15) is 0 Å². The van der Waals surface area contributed by atoms with E-state index < -0.39 is 22.0 Å². The fraction of sp³-hybridized carbons (Fsp3) is 0.500. The first-order valence-corrected chi connectivity index (χ1v) is 8.62. The first-order valence-electron chi connectivity index (χ1n) is 7.24. The van der Waals surface area contributed by atoms with Gasteiger partial charge in [-0.15, -0.1) is 0 Å². The summed E-state index contributed by atoms with van der Waals surface area (Å²) >= 11 is 0. The van der Waals surface area contributed by atoms with Gasteiger partial charge in [-0.05, 0) is 44.9 Å². The second kappa shape index (κ2) is 7.54. The molecule has 0 unspecified atom stereocenters. The number of primary amides is 1. The molecule has 0 aliphatic rings. The van der Waals surface area contributed by atoms with Crippen molar-refractivity contribution in [1.82, 2.24) is 5.32 Å². The van der Waals surface area contributed by atoms with Gasteiger partial charge < -0.3 is 11.1 Å². The molecule has 3 N–H and O–H groups in total. The molecule has 2 atom stereocenters. The Bertz CT molecular complexity index is 585. The van der Waals surface area contributed by atoms with Crippen LogP contribution in [0.2, 0.25) is 0 Å². The second-order valence-electron chi connectivity index (χ2n) is 5.96. The van der Waals surface area contributed by atoms with E-state index in [0.29, 0.717) is 5.56 Å². The van der Waals surface area contributed by atoms with Crippen LogP contribution in [0.5, 0.6) is 0 Å². The largest absolute Gasteiger partial charge is 0.366 e. The molecule has 0 aliphatic heterocycles. The third-order valence-electron chi connectivity index (χ3n) is 3.63. The van der Waals surface area contributed by atoms with E-state index in [4.69, 9.17) is 5.73 Å². The Morgan fingerprint density at radius 1 is 1.36 bits per heavy atom. The van der Waals surface area contributed by atoms with Crippen molar-refractivity contribution in [3.8, 4) is 0 Å². The number of rotatable bonds is 7. The summed E-state index contributed by atoms with van der Waals surface area (Å²) in [6.45, 7) is 7.49. The van der Waals surface area contributed by atoms with Gasteiger partial charge in [0.05, 0.1) is 0 Å². The van der Waals surface area contributed by atoms with E-state index in [-0.39, 0.29) is 17.2 Å². The lowest BCUT2D eigenvalue weighted by molar-refractivity contribution is -0.121. The third-order valence-corrected chi connectivity index (χ3v) is 5.25. The quantitative estimate of drug-likeness (QED) is 0.800. The van der Waals surface area contributed by atoms with Crippen molar-refractivity contribution in [1.29, 1.82) is 0 Å². The molecular weight excluding hydrogens is 300 g/mol. The van der Waals surface area contributed by atoms with Crippen molar-refractivity contribution < 1.29 is 13.8 Å². The number of carbonyl (C=O) groups excluding carboxylic acids is 2. The number of hydrogen-bond donors (Lipinski definition) is 2. The number of amides is 2. The second-order valence-corrected chi connectivity index (χ2v) is 7.72. The molecule has 0 fully saturated rings. The Kier molecular flexibility index (Phi) is 6.29. The van der Waals surface area contributed by atoms with Gasteiger partial charge >= 0.3 is 0 Å². The lowest BCUT2D eigenvalue weighted by atomic mass is 10.0. The number of carbonyl (C=O) groups is 2. The van der Waals surface area contributed by atoms with Gasteiger partial charge in [0.1, 0.15) is 5.25 Å². The fourth-order valence-electron chi connectivity index (χ4n) is 1.75. The smallest absolute Gasteiger partial charge is 0.248 e. The van der Waals surface area contributed by atoms with E-state index in [2.05, 4.69) is 5.32 Å². The van der Waals surface area contributed by atoms with Crippen LogP contribution in [-0.4, -0.2) is 26.8 Å². The predicted molar refractivity (Wildman–Crippen MR) is 88.8 cm³/mol. The molecule has 0 spiro atoms. The van der Waals surface area contributed by atoms with Gasteiger partial charge in [0.25, 0.3) is 0 Å². The maximum absolute atomic E-state index is 12.3. The van der Waals surface area contributed by atoms with Crippen molar-refractivity contribution in [3.05, 3.63) is 35.4 Å². The van der Waals surface area contributed by atoms with Gasteiger partial charge in [-0.1, -0.05) is 19.1 Å². The minimum absolute atomic E-state index is 0.211. The molecule has 0 saturated carbocycles. The van der Waals surface area contributed by atoms with Gasteiger partial charge in [-0.25, -0.2) is 0 Å². The van der Waals surface area contributed by atoms with Crippen LogP contribution in [0.25, 0.3) is 0 Å². The van der Waals surface area contributed by atoms with Crippen LogP contribution in [0.3, 0.4) is 0 Å². The average molecular weight is 324 g/mol. The summed E-state index contributed by atoms with van der Waals surface area (Å²) < 4.78 is 12.3. The molecule has 2 amide bonds. The van der Waals surface area contributed by atoms with Gasteiger partial charge in [0, 0.05) is 27.7 Å². The molecule has 0 bridgehead atoms. The van der Waals surface area contributed by atoms with Crippen LogP contribution in [0, 0.1) is 0 Å². The first-order chi connectivity index (χ1) is 10.2.